The topological polar surface area (TPSA) is 56.7 Å². The smallest absolute Gasteiger partial charge is 0.255 e. The summed E-state index contributed by atoms with van der Waals surface area (Å²) in [5.41, 5.74) is 0.453. The molecule has 1 N–H and O–H groups in total. The quantitative estimate of drug-likeness (QED) is 0.773. The second-order valence-corrected chi connectivity index (χ2v) is 4.38. The van der Waals surface area contributed by atoms with Crippen molar-refractivity contribution in [1.82, 2.24) is 14.8 Å². The van der Waals surface area contributed by atoms with Gasteiger partial charge in [-0.2, -0.15) is 0 Å². The number of aromatic nitrogens is 1. The van der Waals surface area contributed by atoms with Gasteiger partial charge in [0.05, 0.1) is 11.8 Å². The van der Waals surface area contributed by atoms with E-state index in [9.17, 15) is 9.90 Å². The highest BCUT2D eigenvalue weighted by Gasteiger charge is 2.19. The van der Waals surface area contributed by atoms with E-state index in [-0.39, 0.29) is 11.7 Å². The van der Waals surface area contributed by atoms with E-state index in [4.69, 9.17) is 0 Å². The molecule has 1 fully saturated rings. The van der Waals surface area contributed by atoms with Crippen LogP contribution in [0, 0.1) is 0 Å². The first-order valence-corrected chi connectivity index (χ1v) is 5.78. The number of rotatable bonds is 1. The molecule has 1 aliphatic heterocycles. The Labute approximate surface area is 101 Å². The van der Waals surface area contributed by atoms with Gasteiger partial charge in [-0.15, -0.1) is 0 Å². The summed E-state index contributed by atoms with van der Waals surface area (Å²) in [6.07, 6.45) is 3.80. The summed E-state index contributed by atoms with van der Waals surface area (Å²) >= 11 is 0. The molecule has 1 amide bonds. The summed E-state index contributed by atoms with van der Waals surface area (Å²) in [4.78, 5) is 20.0. The molecule has 92 valence electrons. The molecular formula is C12H17N3O2. The molecule has 1 aliphatic rings. The van der Waals surface area contributed by atoms with Crippen LogP contribution in [0.15, 0.2) is 18.5 Å². The zero-order valence-electron chi connectivity index (χ0n) is 9.96. The zero-order valence-corrected chi connectivity index (χ0v) is 9.96. The van der Waals surface area contributed by atoms with Crippen molar-refractivity contribution in [2.45, 2.75) is 6.42 Å². The monoisotopic (exact) mass is 235 g/mol. The van der Waals surface area contributed by atoms with E-state index in [1.165, 1.54) is 18.5 Å². The second-order valence-electron chi connectivity index (χ2n) is 4.38. The maximum Gasteiger partial charge on any atom is 0.255 e. The van der Waals surface area contributed by atoms with Gasteiger partial charge in [-0.1, -0.05) is 0 Å². The van der Waals surface area contributed by atoms with Crippen LogP contribution in [0.3, 0.4) is 0 Å². The van der Waals surface area contributed by atoms with Crippen LogP contribution in [0.2, 0.25) is 0 Å². The maximum absolute atomic E-state index is 12.2. The van der Waals surface area contributed by atoms with Crippen LogP contribution >= 0.6 is 0 Å². The van der Waals surface area contributed by atoms with Crippen molar-refractivity contribution in [1.29, 1.82) is 0 Å². The first kappa shape index (κ1) is 11.9. The first-order chi connectivity index (χ1) is 8.16. The molecule has 5 heteroatoms. The third-order valence-electron chi connectivity index (χ3n) is 2.98. The summed E-state index contributed by atoms with van der Waals surface area (Å²) < 4.78 is 0. The van der Waals surface area contributed by atoms with E-state index >= 15 is 0 Å². The maximum atomic E-state index is 12.2. The van der Waals surface area contributed by atoms with Crippen molar-refractivity contribution < 1.29 is 9.90 Å². The molecule has 0 unspecified atom stereocenters. The van der Waals surface area contributed by atoms with Gasteiger partial charge >= 0.3 is 0 Å². The third kappa shape index (κ3) is 2.94. The molecule has 2 heterocycles. The molecule has 0 saturated carbocycles. The Bertz CT molecular complexity index is 408. The van der Waals surface area contributed by atoms with Gasteiger partial charge in [-0.25, -0.2) is 0 Å². The lowest BCUT2D eigenvalue weighted by Crippen LogP contribution is -2.34. The van der Waals surface area contributed by atoms with Crippen molar-refractivity contribution in [3.63, 3.8) is 0 Å². The minimum Gasteiger partial charge on any atom is -0.506 e. The van der Waals surface area contributed by atoms with Crippen LogP contribution in [-0.4, -0.2) is 59.0 Å². The molecule has 0 atom stereocenters. The van der Waals surface area contributed by atoms with Crippen molar-refractivity contribution in [2.75, 3.05) is 33.2 Å². The normalized spacial score (nSPS) is 17.8. The minimum absolute atomic E-state index is 0.0304. The predicted octanol–water partition coefficient (Wildman–Crippen LogP) is 0.565. The molecule has 1 aromatic rings. The van der Waals surface area contributed by atoms with Gasteiger partial charge in [-0.05, 0) is 26.1 Å². The Balaban J connectivity index is 2.09. The fourth-order valence-corrected chi connectivity index (χ4v) is 1.98. The molecule has 17 heavy (non-hydrogen) atoms. The van der Waals surface area contributed by atoms with Crippen LogP contribution in [-0.2, 0) is 0 Å². The first-order valence-electron chi connectivity index (χ1n) is 5.78. The van der Waals surface area contributed by atoms with Crippen molar-refractivity contribution in [2.24, 2.45) is 0 Å². The largest absolute Gasteiger partial charge is 0.506 e. The number of amides is 1. The Morgan fingerprint density at radius 1 is 1.29 bits per heavy atom. The fraction of sp³-hybridized carbons (Fsp3) is 0.500. The van der Waals surface area contributed by atoms with E-state index < -0.39 is 0 Å². The van der Waals surface area contributed by atoms with Crippen molar-refractivity contribution >= 4 is 5.91 Å². The van der Waals surface area contributed by atoms with Gasteiger partial charge in [0.2, 0.25) is 0 Å². The Morgan fingerprint density at radius 2 is 2.12 bits per heavy atom. The van der Waals surface area contributed by atoms with Crippen molar-refractivity contribution in [3.05, 3.63) is 24.0 Å². The van der Waals surface area contributed by atoms with Crippen LogP contribution in [0.4, 0.5) is 0 Å². The van der Waals surface area contributed by atoms with Crippen molar-refractivity contribution in [3.8, 4) is 5.75 Å². The molecule has 0 aliphatic carbocycles. The molecule has 1 saturated heterocycles. The summed E-state index contributed by atoms with van der Waals surface area (Å²) in [7, 11) is 2.06. The lowest BCUT2D eigenvalue weighted by atomic mass is 10.2. The number of carbonyl (C=O) groups is 1. The molecule has 1 aromatic heterocycles. The highest BCUT2D eigenvalue weighted by molar-refractivity contribution is 5.94. The molecule has 0 spiro atoms. The summed E-state index contributed by atoms with van der Waals surface area (Å²) in [5, 5.41) is 9.32. The van der Waals surface area contributed by atoms with E-state index in [0.29, 0.717) is 5.56 Å². The Hall–Kier alpha value is -1.62. The molecule has 0 radical (unpaired) electrons. The Morgan fingerprint density at radius 3 is 2.88 bits per heavy atom. The molecular weight excluding hydrogens is 218 g/mol. The summed E-state index contributed by atoms with van der Waals surface area (Å²) in [6.45, 7) is 3.39. The molecule has 5 nitrogen and oxygen atoms in total. The van der Waals surface area contributed by atoms with Crippen LogP contribution in [0.25, 0.3) is 0 Å². The minimum atomic E-state index is -0.0521. The van der Waals surface area contributed by atoms with Gasteiger partial charge in [0.25, 0.3) is 5.91 Å². The van der Waals surface area contributed by atoms with E-state index in [1.807, 2.05) is 4.90 Å². The van der Waals surface area contributed by atoms with Gasteiger partial charge in [0, 0.05) is 25.8 Å². The lowest BCUT2D eigenvalue weighted by molar-refractivity contribution is 0.0762. The Kier molecular flexibility index (Phi) is 3.58. The highest BCUT2D eigenvalue weighted by atomic mass is 16.3. The molecule has 2 rings (SSSR count). The number of nitrogens with zero attached hydrogens (tertiary/aromatic N) is 3. The van der Waals surface area contributed by atoms with E-state index in [2.05, 4.69) is 16.9 Å². The highest BCUT2D eigenvalue weighted by Crippen LogP contribution is 2.12. The van der Waals surface area contributed by atoms with Crippen LogP contribution in [0.5, 0.6) is 5.75 Å². The summed E-state index contributed by atoms with van der Waals surface area (Å²) in [6, 6.07) is 1.46. The lowest BCUT2D eigenvalue weighted by Gasteiger charge is -2.20. The average Bonchev–Trinajstić information content (AvgIpc) is 2.53. The summed E-state index contributed by atoms with van der Waals surface area (Å²) in [5.74, 6) is -0.0218. The van der Waals surface area contributed by atoms with Gasteiger partial charge in [-0.3, -0.25) is 9.78 Å². The standard InChI is InChI=1S/C12H17N3O2/c1-14-3-2-4-15(6-5-14)12(17)10-7-11(16)9-13-8-10/h7-9,16H,2-6H2,1H3. The van der Waals surface area contributed by atoms with Gasteiger partial charge in [0.15, 0.2) is 0 Å². The predicted molar refractivity (Wildman–Crippen MR) is 63.9 cm³/mol. The van der Waals surface area contributed by atoms with Crippen LogP contribution in [0.1, 0.15) is 16.8 Å². The number of aromatic hydroxyl groups is 1. The third-order valence-corrected chi connectivity index (χ3v) is 2.98. The average molecular weight is 235 g/mol. The number of pyridine rings is 1. The molecule has 0 bridgehead atoms. The number of hydrogen-bond acceptors (Lipinski definition) is 4. The molecule has 0 aromatic carbocycles. The van der Waals surface area contributed by atoms with Crippen LogP contribution < -0.4 is 0 Å². The zero-order chi connectivity index (χ0) is 12.3. The number of carbonyl (C=O) groups excluding carboxylic acids is 1. The van der Waals surface area contributed by atoms with E-state index in [0.717, 1.165) is 32.6 Å². The van der Waals surface area contributed by atoms with Gasteiger partial charge in [0.1, 0.15) is 5.75 Å². The van der Waals surface area contributed by atoms with E-state index in [1.54, 1.807) is 0 Å². The SMILES string of the molecule is CN1CCCN(C(=O)c2cncc(O)c2)CC1. The van der Waals surface area contributed by atoms with Gasteiger partial charge < -0.3 is 14.9 Å². The second kappa shape index (κ2) is 5.14. The number of likely N-dealkylation sites (N-methyl/N-ethyl adjacent to an activating group) is 1. The number of hydrogen-bond donors (Lipinski definition) is 1. The fourth-order valence-electron chi connectivity index (χ4n) is 1.98.